The lowest BCUT2D eigenvalue weighted by Gasteiger charge is -2.38. The Morgan fingerprint density at radius 3 is 2.65 bits per heavy atom. The van der Waals surface area contributed by atoms with Crippen molar-refractivity contribution in [1.82, 2.24) is 5.32 Å². The van der Waals surface area contributed by atoms with Crippen LogP contribution in [0.3, 0.4) is 0 Å². The smallest absolute Gasteiger partial charge is 0.337 e. The number of hydrogen-bond acceptors (Lipinski definition) is 6. The molecule has 0 amide bonds. The van der Waals surface area contributed by atoms with E-state index in [-0.39, 0.29) is 17.8 Å². The molecule has 0 aromatic heterocycles. The number of rotatable bonds is 5. The Kier molecular flexibility index (Phi) is 6.90. The van der Waals surface area contributed by atoms with Gasteiger partial charge in [0.05, 0.1) is 18.8 Å². The molecule has 1 N–H and O–H groups in total. The second-order valence-corrected chi connectivity index (χ2v) is 8.65. The van der Waals surface area contributed by atoms with Gasteiger partial charge in [-0.15, -0.1) is 0 Å². The largest absolute Gasteiger partial charge is 0.468 e. The third-order valence-electron chi connectivity index (χ3n) is 6.03. The summed E-state index contributed by atoms with van der Waals surface area (Å²) in [6.45, 7) is 7.41. The third kappa shape index (κ3) is 4.40. The van der Waals surface area contributed by atoms with E-state index < -0.39 is 23.8 Å². The average molecular weight is 446 g/mol. The predicted octanol–water partition coefficient (Wildman–Crippen LogP) is 4.29. The molecule has 0 bridgehead atoms. The highest BCUT2D eigenvalue weighted by molar-refractivity contribution is 6.30. The Balaban J connectivity index is 2.17. The number of carbonyl (C=O) groups excluding carboxylic acids is 3. The summed E-state index contributed by atoms with van der Waals surface area (Å²) in [7, 11) is 1.28. The van der Waals surface area contributed by atoms with E-state index in [1.54, 1.807) is 25.1 Å². The lowest BCUT2D eigenvalue weighted by molar-refractivity contribution is -0.151. The fourth-order valence-electron chi connectivity index (χ4n) is 4.30. The Morgan fingerprint density at radius 2 is 2.03 bits per heavy atom. The van der Waals surface area contributed by atoms with Crippen molar-refractivity contribution in [2.45, 2.75) is 52.6 Å². The second-order valence-electron chi connectivity index (χ2n) is 8.21. The zero-order valence-corrected chi connectivity index (χ0v) is 19.2. The number of halogens is 1. The number of benzene rings is 1. The van der Waals surface area contributed by atoms with Gasteiger partial charge >= 0.3 is 11.9 Å². The van der Waals surface area contributed by atoms with E-state index in [4.69, 9.17) is 21.1 Å². The van der Waals surface area contributed by atoms with E-state index in [9.17, 15) is 14.4 Å². The summed E-state index contributed by atoms with van der Waals surface area (Å²) in [5, 5.41) is 3.74. The SMILES string of the molecule is CC[C@@H](C)OC(=O)C1=C(C)NC2=C(C(=O)[C@@H](C(=O)OC)[C@@H](C)C2)[C@H]1c1cccc(Cl)c1. The van der Waals surface area contributed by atoms with Crippen LogP contribution in [0, 0.1) is 11.8 Å². The van der Waals surface area contributed by atoms with Crippen molar-refractivity contribution in [2.75, 3.05) is 7.11 Å². The van der Waals surface area contributed by atoms with Crippen LogP contribution in [-0.4, -0.2) is 30.9 Å². The maximum absolute atomic E-state index is 13.6. The van der Waals surface area contributed by atoms with Crippen molar-refractivity contribution in [3.63, 3.8) is 0 Å². The van der Waals surface area contributed by atoms with Crippen LogP contribution >= 0.6 is 11.6 Å². The summed E-state index contributed by atoms with van der Waals surface area (Å²) in [4.78, 5) is 39.2. The van der Waals surface area contributed by atoms with Crippen LogP contribution in [0.25, 0.3) is 0 Å². The van der Waals surface area contributed by atoms with Gasteiger partial charge in [0.2, 0.25) is 0 Å². The van der Waals surface area contributed by atoms with Gasteiger partial charge in [0, 0.05) is 27.9 Å². The van der Waals surface area contributed by atoms with Crippen molar-refractivity contribution in [3.8, 4) is 0 Å². The number of dihydropyridines is 1. The molecule has 0 radical (unpaired) electrons. The molecule has 6 nitrogen and oxygen atoms in total. The lowest BCUT2D eigenvalue weighted by atomic mass is 9.69. The molecule has 3 rings (SSSR count). The fourth-order valence-corrected chi connectivity index (χ4v) is 4.50. The first-order valence-corrected chi connectivity index (χ1v) is 10.9. The summed E-state index contributed by atoms with van der Waals surface area (Å²) in [6.07, 6.45) is 0.888. The van der Waals surface area contributed by atoms with Gasteiger partial charge in [-0.2, -0.15) is 0 Å². The van der Waals surface area contributed by atoms with Crippen molar-refractivity contribution in [1.29, 1.82) is 0 Å². The quantitative estimate of drug-likeness (QED) is 0.537. The zero-order chi connectivity index (χ0) is 22.9. The van der Waals surface area contributed by atoms with Crippen LogP contribution in [0.1, 0.15) is 52.0 Å². The molecule has 0 fully saturated rings. The number of hydrogen-bond donors (Lipinski definition) is 1. The van der Waals surface area contributed by atoms with Crippen molar-refractivity contribution >= 4 is 29.3 Å². The van der Waals surface area contributed by atoms with Gasteiger partial charge in [-0.1, -0.05) is 37.6 Å². The van der Waals surface area contributed by atoms with Crippen LogP contribution in [0.4, 0.5) is 0 Å². The summed E-state index contributed by atoms with van der Waals surface area (Å²) >= 11 is 6.25. The monoisotopic (exact) mass is 445 g/mol. The summed E-state index contributed by atoms with van der Waals surface area (Å²) < 4.78 is 10.5. The molecule has 4 atom stereocenters. The highest BCUT2D eigenvalue weighted by Gasteiger charge is 2.47. The molecule has 7 heteroatoms. The number of carbonyl (C=O) groups is 3. The van der Waals surface area contributed by atoms with Crippen molar-refractivity contribution < 1.29 is 23.9 Å². The number of Topliss-reactive ketones (excluding diaryl/α,β-unsaturated/α-hetero) is 1. The van der Waals surface area contributed by atoms with Crippen molar-refractivity contribution in [2.24, 2.45) is 11.8 Å². The lowest BCUT2D eigenvalue weighted by Crippen LogP contribution is -2.43. The van der Waals surface area contributed by atoms with Gasteiger partial charge in [0.25, 0.3) is 0 Å². The predicted molar refractivity (Wildman–Crippen MR) is 117 cm³/mol. The molecule has 0 unspecified atom stereocenters. The minimum absolute atomic E-state index is 0.229. The summed E-state index contributed by atoms with van der Waals surface area (Å²) in [5.74, 6) is -3.22. The van der Waals surface area contributed by atoms with Gasteiger partial charge < -0.3 is 14.8 Å². The number of esters is 2. The highest BCUT2D eigenvalue weighted by atomic mass is 35.5. The molecule has 1 aromatic rings. The van der Waals surface area contributed by atoms with Crippen molar-refractivity contribution in [3.05, 3.63) is 57.4 Å². The Bertz CT molecular complexity index is 980. The van der Waals surface area contributed by atoms with Gasteiger partial charge in [-0.05, 0) is 50.3 Å². The number of allylic oxidation sites excluding steroid dienone is 3. The van der Waals surface area contributed by atoms with Crippen LogP contribution < -0.4 is 5.32 Å². The van der Waals surface area contributed by atoms with Gasteiger partial charge in [-0.3, -0.25) is 9.59 Å². The molecule has 1 heterocycles. The second kappa shape index (κ2) is 9.27. The van der Waals surface area contributed by atoms with Crippen LogP contribution in [0.5, 0.6) is 0 Å². The van der Waals surface area contributed by atoms with E-state index in [0.29, 0.717) is 40.3 Å². The van der Waals surface area contributed by atoms with Crippen LogP contribution in [0.15, 0.2) is 46.8 Å². The maximum Gasteiger partial charge on any atom is 0.337 e. The molecule has 2 aliphatic rings. The molecule has 0 spiro atoms. The first-order chi connectivity index (χ1) is 14.7. The van der Waals surface area contributed by atoms with Crippen LogP contribution in [-0.2, 0) is 23.9 Å². The molecule has 166 valence electrons. The van der Waals surface area contributed by atoms with E-state index in [0.717, 1.165) is 5.70 Å². The summed E-state index contributed by atoms with van der Waals surface area (Å²) in [6, 6.07) is 7.08. The molecule has 31 heavy (non-hydrogen) atoms. The van der Waals surface area contributed by atoms with E-state index in [1.165, 1.54) is 7.11 Å². The average Bonchev–Trinajstić information content (AvgIpc) is 2.72. The third-order valence-corrected chi connectivity index (χ3v) is 6.26. The number of ether oxygens (including phenoxy) is 2. The standard InChI is InChI=1S/C24H28ClNO5/c1-6-13(3)31-24(29)19-14(4)26-17-10-12(2)18(23(28)30-5)22(27)21(17)20(19)15-8-7-9-16(25)11-15/h7-9,11-13,18,20,26H,6,10H2,1-5H3/t12-,13+,18-,20-/m0/s1. The Hall–Kier alpha value is -2.60. The van der Waals surface area contributed by atoms with E-state index in [1.807, 2.05) is 26.8 Å². The highest BCUT2D eigenvalue weighted by Crippen LogP contribution is 2.45. The molecule has 0 saturated heterocycles. The minimum atomic E-state index is -0.919. The minimum Gasteiger partial charge on any atom is -0.468 e. The van der Waals surface area contributed by atoms with E-state index >= 15 is 0 Å². The first kappa shape index (κ1) is 23.1. The van der Waals surface area contributed by atoms with Gasteiger partial charge in [0.15, 0.2) is 5.78 Å². The number of methoxy groups -OCH3 is 1. The molecule has 1 aliphatic heterocycles. The summed E-state index contributed by atoms with van der Waals surface area (Å²) in [5.41, 5.74) is 2.81. The molecule has 0 saturated carbocycles. The normalized spacial score (nSPS) is 24.3. The Morgan fingerprint density at radius 1 is 1.32 bits per heavy atom. The molecular weight excluding hydrogens is 418 g/mol. The van der Waals surface area contributed by atoms with Crippen LogP contribution in [0.2, 0.25) is 5.02 Å². The number of ketones is 1. The Labute approximate surface area is 187 Å². The molecule has 1 aliphatic carbocycles. The number of nitrogens with one attached hydrogen (secondary N) is 1. The molecule has 1 aromatic carbocycles. The first-order valence-electron chi connectivity index (χ1n) is 10.5. The van der Waals surface area contributed by atoms with Gasteiger partial charge in [-0.25, -0.2) is 4.79 Å². The fraction of sp³-hybridized carbons (Fsp3) is 0.458. The topological polar surface area (TPSA) is 81.7 Å². The zero-order valence-electron chi connectivity index (χ0n) is 18.5. The van der Waals surface area contributed by atoms with E-state index in [2.05, 4.69) is 5.32 Å². The van der Waals surface area contributed by atoms with Gasteiger partial charge in [0.1, 0.15) is 5.92 Å². The molecular formula is C24H28ClNO5. The maximum atomic E-state index is 13.6.